The lowest BCUT2D eigenvalue weighted by atomic mass is 10.2. The van der Waals surface area contributed by atoms with E-state index in [0.29, 0.717) is 13.2 Å². The molecule has 0 bridgehead atoms. The zero-order valence-corrected chi connectivity index (χ0v) is 9.89. The van der Waals surface area contributed by atoms with Crippen LogP contribution in [0.1, 0.15) is 12.6 Å². The molecule has 0 saturated carbocycles. The van der Waals surface area contributed by atoms with Crippen LogP contribution in [0.25, 0.3) is 0 Å². The molecule has 0 atom stereocenters. The van der Waals surface area contributed by atoms with Gasteiger partial charge in [-0.15, -0.1) is 0 Å². The van der Waals surface area contributed by atoms with Crippen LogP contribution in [0.3, 0.4) is 0 Å². The molecule has 0 unspecified atom stereocenters. The average molecular weight is 228 g/mol. The molecule has 0 spiro atoms. The molecule has 3 heteroatoms. The molecule has 0 fully saturated rings. The molecule has 1 aromatic carbocycles. The van der Waals surface area contributed by atoms with E-state index in [0.717, 1.165) is 17.1 Å². The third-order valence-corrected chi connectivity index (χ3v) is 2.37. The molecule has 0 radical (unpaired) electrons. The van der Waals surface area contributed by atoms with Gasteiger partial charge in [-0.3, -0.25) is 4.98 Å². The van der Waals surface area contributed by atoms with Crippen LogP contribution in [0.2, 0.25) is 0 Å². The molecule has 88 valence electrons. The summed E-state index contributed by atoms with van der Waals surface area (Å²) < 4.78 is 5.54. The number of aromatic nitrogens is 1. The first-order valence-electron chi connectivity index (χ1n) is 5.75. The van der Waals surface area contributed by atoms with E-state index in [1.54, 1.807) is 6.20 Å². The maximum absolute atomic E-state index is 5.54. The van der Waals surface area contributed by atoms with Crippen molar-refractivity contribution in [2.24, 2.45) is 0 Å². The summed E-state index contributed by atoms with van der Waals surface area (Å²) >= 11 is 0. The van der Waals surface area contributed by atoms with Gasteiger partial charge in [0.1, 0.15) is 5.75 Å². The summed E-state index contributed by atoms with van der Waals surface area (Å²) in [4.78, 5) is 4.27. The fraction of sp³-hybridized carbons (Fsp3) is 0.214. The minimum atomic E-state index is 0.669. The predicted molar refractivity (Wildman–Crippen MR) is 69.2 cm³/mol. The summed E-state index contributed by atoms with van der Waals surface area (Å²) in [6.45, 7) is 3.35. The van der Waals surface area contributed by atoms with Crippen molar-refractivity contribution >= 4 is 5.69 Å². The first-order chi connectivity index (χ1) is 8.40. The Balaban J connectivity index is 2.03. The number of hydrogen-bond acceptors (Lipinski definition) is 3. The summed E-state index contributed by atoms with van der Waals surface area (Å²) in [5.74, 6) is 0.880. The molecule has 2 rings (SSSR count). The van der Waals surface area contributed by atoms with Crippen molar-refractivity contribution < 1.29 is 4.74 Å². The highest BCUT2D eigenvalue weighted by Gasteiger charge is 2.01. The number of nitrogens with one attached hydrogen (secondary N) is 1. The van der Waals surface area contributed by atoms with Gasteiger partial charge < -0.3 is 10.1 Å². The lowest BCUT2D eigenvalue weighted by molar-refractivity contribution is 0.341. The third kappa shape index (κ3) is 3.21. The number of hydrogen-bond donors (Lipinski definition) is 1. The summed E-state index contributed by atoms with van der Waals surface area (Å²) in [7, 11) is 0. The minimum absolute atomic E-state index is 0.669. The maximum atomic E-state index is 5.54. The molecular weight excluding hydrogens is 212 g/mol. The van der Waals surface area contributed by atoms with E-state index >= 15 is 0 Å². The van der Waals surface area contributed by atoms with Crippen molar-refractivity contribution in [2.45, 2.75) is 13.5 Å². The Morgan fingerprint density at radius 3 is 2.71 bits per heavy atom. The Kier molecular flexibility index (Phi) is 3.97. The normalized spacial score (nSPS) is 9.94. The highest BCUT2D eigenvalue weighted by Crippen LogP contribution is 2.23. The molecule has 0 aliphatic rings. The first kappa shape index (κ1) is 11.5. The van der Waals surface area contributed by atoms with Crippen molar-refractivity contribution in [3.63, 3.8) is 0 Å². The highest BCUT2D eigenvalue weighted by atomic mass is 16.5. The Hall–Kier alpha value is -2.03. The molecule has 0 aliphatic carbocycles. The van der Waals surface area contributed by atoms with Gasteiger partial charge in [0.25, 0.3) is 0 Å². The van der Waals surface area contributed by atoms with Gasteiger partial charge in [0.05, 0.1) is 24.5 Å². The fourth-order valence-corrected chi connectivity index (χ4v) is 1.58. The van der Waals surface area contributed by atoms with Crippen molar-refractivity contribution in [1.82, 2.24) is 4.98 Å². The van der Waals surface area contributed by atoms with Gasteiger partial charge in [-0.05, 0) is 31.2 Å². The zero-order valence-electron chi connectivity index (χ0n) is 9.89. The van der Waals surface area contributed by atoms with Gasteiger partial charge in [-0.25, -0.2) is 0 Å². The van der Waals surface area contributed by atoms with E-state index in [9.17, 15) is 0 Å². The number of anilines is 1. The van der Waals surface area contributed by atoms with Crippen LogP contribution in [0.15, 0.2) is 48.7 Å². The number of para-hydroxylation sites is 2. The van der Waals surface area contributed by atoms with Crippen molar-refractivity contribution in [3.8, 4) is 5.75 Å². The Morgan fingerprint density at radius 1 is 1.12 bits per heavy atom. The Morgan fingerprint density at radius 2 is 1.94 bits per heavy atom. The fourth-order valence-electron chi connectivity index (χ4n) is 1.58. The Labute approximate surface area is 101 Å². The van der Waals surface area contributed by atoms with Gasteiger partial charge in [-0.2, -0.15) is 0 Å². The Bertz CT molecular complexity index is 457. The van der Waals surface area contributed by atoms with Gasteiger partial charge in [0, 0.05) is 6.20 Å². The van der Waals surface area contributed by atoms with Crippen LogP contribution < -0.4 is 10.1 Å². The van der Waals surface area contributed by atoms with Crippen molar-refractivity contribution in [3.05, 3.63) is 54.4 Å². The number of benzene rings is 1. The zero-order chi connectivity index (χ0) is 11.9. The lowest BCUT2D eigenvalue weighted by Gasteiger charge is -2.11. The largest absolute Gasteiger partial charge is 0.492 e. The molecule has 0 saturated heterocycles. The number of nitrogens with zero attached hydrogens (tertiary/aromatic N) is 1. The van der Waals surface area contributed by atoms with Crippen LogP contribution in [-0.4, -0.2) is 11.6 Å². The van der Waals surface area contributed by atoms with Gasteiger partial charge in [0.2, 0.25) is 0 Å². The second-order valence-electron chi connectivity index (χ2n) is 3.60. The number of pyridine rings is 1. The molecule has 0 amide bonds. The summed E-state index contributed by atoms with van der Waals surface area (Å²) in [5, 5.41) is 3.33. The van der Waals surface area contributed by atoms with Crippen LogP contribution >= 0.6 is 0 Å². The molecule has 1 N–H and O–H groups in total. The summed E-state index contributed by atoms with van der Waals surface area (Å²) in [5.41, 5.74) is 2.01. The van der Waals surface area contributed by atoms with Gasteiger partial charge in [0.15, 0.2) is 0 Å². The molecule has 3 nitrogen and oxygen atoms in total. The monoisotopic (exact) mass is 228 g/mol. The second-order valence-corrected chi connectivity index (χ2v) is 3.60. The van der Waals surface area contributed by atoms with E-state index < -0.39 is 0 Å². The number of ether oxygens (including phenoxy) is 1. The van der Waals surface area contributed by atoms with Crippen molar-refractivity contribution in [2.75, 3.05) is 11.9 Å². The second kappa shape index (κ2) is 5.89. The average Bonchev–Trinajstić information content (AvgIpc) is 2.39. The quantitative estimate of drug-likeness (QED) is 0.853. The van der Waals surface area contributed by atoms with E-state index in [2.05, 4.69) is 10.3 Å². The van der Waals surface area contributed by atoms with Crippen LogP contribution in [0.4, 0.5) is 5.69 Å². The molecule has 2 aromatic rings. The van der Waals surface area contributed by atoms with Crippen LogP contribution in [0, 0.1) is 0 Å². The van der Waals surface area contributed by atoms with Gasteiger partial charge in [-0.1, -0.05) is 18.2 Å². The number of rotatable bonds is 5. The van der Waals surface area contributed by atoms with E-state index in [1.807, 2.05) is 49.4 Å². The SMILES string of the molecule is CCOc1ccccc1NCc1ccccn1. The van der Waals surface area contributed by atoms with Crippen molar-refractivity contribution in [1.29, 1.82) is 0 Å². The molecular formula is C14H16N2O. The van der Waals surface area contributed by atoms with E-state index in [-0.39, 0.29) is 0 Å². The standard InChI is InChI=1S/C14H16N2O/c1-2-17-14-9-4-3-8-13(14)16-11-12-7-5-6-10-15-12/h3-10,16H,2,11H2,1H3. The lowest BCUT2D eigenvalue weighted by Crippen LogP contribution is -2.03. The minimum Gasteiger partial charge on any atom is -0.492 e. The van der Waals surface area contributed by atoms with Crippen LogP contribution in [-0.2, 0) is 6.54 Å². The molecule has 1 aromatic heterocycles. The smallest absolute Gasteiger partial charge is 0.142 e. The molecule has 17 heavy (non-hydrogen) atoms. The summed E-state index contributed by atoms with van der Waals surface area (Å²) in [6.07, 6.45) is 1.80. The highest BCUT2D eigenvalue weighted by molar-refractivity contribution is 5.56. The predicted octanol–water partition coefficient (Wildman–Crippen LogP) is 3.09. The molecule has 1 heterocycles. The van der Waals surface area contributed by atoms with E-state index in [1.165, 1.54) is 0 Å². The van der Waals surface area contributed by atoms with E-state index in [4.69, 9.17) is 4.74 Å². The van der Waals surface area contributed by atoms with Gasteiger partial charge >= 0.3 is 0 Å². The maximum Gasteiger partial charge on any atom is 0.142 e. The van der Waals surface area contributed by atoms with Crippen LogP contribution in [0.5, 0.6) is 5.75 Å². The third-order valence-electron chi connectivity index (χ3n) is 2.37. The topological polar surface area (TPSA) is 34.1 Å². The first-order valence-corrected chi connectivity index (χ1v) is 5.75. The summed E-state index contributed by atoms with van der Waals surface area (Å²) in [6, 6.07) is 13.8. The molecule has 0 aliphatic heterocycles.